The number of fused-ring (bicyclic) bond motifs is 1. The molecule has 5 rings (SSSR count). The third kappa shape index (κ3) is 3.16. The first kappa shape index (κ1) is 16.3. The van der Waals surface area contributed by atoms with Crippen molar-refractivity contribution in [1.82, 2.24) is 19.9 Å². The lowest BCUT2D eigenvalue weighted by molar-refractivity contribution is 0.0184. The van der Waals surface area contributed by atoms with Gasteiger partial charge in [0.25, 0.3) is 0 Å². The summed E-state index contributed by atoms with van der Waals surface area (Å²) in [5.41, 5.74) is 5.43. The van der Waals surface area contributed by atoms with E-state index >= 15 is 0 Å². The van der Waals surface area contributed by atoms with Crippen molar-refractivity contribution in [2.24, 2.45) is 0 Å². The largest absolute Gasteiger partial charge is 0.374 e. The quantitative estimate of drug-likeness (QED) is 0.585. The van der Waals surface area contributed by atoms with E-state index in [-0.39, 0.29) is 6.10 Å². The first-order valence-corrected chi connectivity index (χ1v) is 9.39. The number of hydrogen-bond acceptors (Lipinski definition) is 3. The molecular weight excluding hydrogens is 336 g/mol. The molecule has 0 saturated carbocycles. The number of hydrogen-bond donors (Lipinski definition) is 2. The zero-order chi connectivity index (χ0) is 18.1. The molecule has 3 heterocycles. The number of benzene rings is 2. The maximum atomic E-state index is 5.93. The summed E-state index contributed by atoms with van der Waals surface area (Å²) in [7, 11) is 0. The summed E-state index contributed by atoms with van der Waals surface area (Å²) < 4.78 is 8.14. The van der Waals surface area contributed by atoms with Gasteiger partial charge >= 0.3 is 0 Å². The predicted octanol–water partition coefficient (Wildman–Crippen LogP) is 3.69. The summed E-state index contributed by atoms with van der Waals surface area (Å²) in [6, 6.07) is 20.9. The van der Waals surface area contributed by atoms with Crippen LogP contribution in [-0.4, -0.2) is 40.3 Å². The fraction of sp³-hybridized carbons (Fsp3) is 0.227. The second kappa shape index (κ2) is 7.02. The molecule has 4 aromatic rings. The Labute approximate surface area is 158 Å². The Hall–Kier alpha value is -2.89. The van der Waals surface area contributed by atoms with E-state index in [1.807, 2.05) is 12.4 Å². The van der Waals surface area contributed by atoms with Crippen LogP contribution in [0.1, 0.15) is 0 Å². The summed E-state index contributed by atoms with van der Waals surface area (Å²) in [5.74, 6) is 0. The second-order valence-electron chi connectivity index (χ2n) is 6.93. The van der Waals surface area contributed by atoms with Gasteiger partial charge < -0.3 is 19.6 Å². The summed E-state index contributed by atoms with van der Waals surface area (Å²) >= 11 is 0. The number of nitrogens with one attached hydrogen (secondary N) is 2. The highest BCUT2D eigenvalue weighted by Crippen LogP contribution is 2.33. The molecule has 1 atom stereocenters. The van der Waals surface area contributed by atoms with Crippen LogP contribution >= 0.6 is 0 Å². The number of rotatable bonds is 4. The average molecular weight is 358 g/mol. The number of ether oxygens (including phenoxy) is 1. The Bertz CT molecular complexity index is 1010. The third-order valence-electron chi connectivity index (χ3n) is 5.07. The standard InChI is InChI=1S/C22H22N4O/c1-2-6-16(7-3-1)21-22(20-12-17-8-4-5-9-19(17)25-20)26(15-24-21)14-18-13-23-10-11-27-18/h1-9,12,15,18,23,25H,10-11,13-14H2. The van der Waals surface area contributed by atoms with E-state index < -0.39 is 0 Å². The maximum Gasteiger partial charge on any atom is 0.0978 e. The van der Waals surface area contributed by atoms with Crippen molar-refractivity contribution in [1.29, 1.82) is 0 Å². The molecule has 0 amide bonds. The molecule has 1 aliphatic rings. The normalized spacial score (nSPS) is 17.4. The van der Waals surface area contributed by atoms with Crippen LogP contribution in [-0.2, 0) is 11.3 Å². The van der Waals surface area contributed by atoms with Crippen LogP contribution in [0, 0.1) is 0 Å². The molecule has 0 spiro atoms. The molecule has 1 aliphatic heterocycles. The number of aromatic amines is 1. The number of morpholine rings is 1. The van der Waals surface area contributed by atoms with E-state index in [0.717, 1.165) is 54.4 Å². The average Bonchev–Trinajstić information content (AvgIpc) is 3.33. The van der Waals surface area contributed by atoms with Gasteiger partial charge in [-0.25, -0.2) is 4.98 Å². The van der Waals surface area contributed by atoms with Crippen molar-refractivity contribution in [3.8, 4) is 22.6 Å². The van der Waals surface area contributed by atoms with Crippen molar-refractivity contribution < 1.29 is 4.74 Å². The molecule has 1 unspecified atom stereocenters. The van der Waals surface area contributed by atoms with E-state index in [2.05, 4.69) is 69.5 Å². The molecule has 136 valence electrons. The van der Waals surface area contributed by atoms with Crippen molar-refractivity contribution in [3.05, 3.63) is 67.0 Å². The van der Waals surface area contributed by atoms with Crippen molar-refractivity contribution >= 4 is 10.9 Å². The van der Waals surface area contributed by atoms with Gasteiger partial charge in [-0.2, -0.15) is 0 Å². The van der Waals surface area contributed by atoms with Crippen LogP contribution in [0.25, 0.3) is 33.5 Å². The smallest absolute Gasteiger partial charge is 0.0978 e. The highest BCUT2D eigenvalue weighted by Gasteiger charge is 2.21. The molecular formula is C22H22N4O. The van der Waals surface area contributed by atoms with Gasteiger partial charge in [0.05, 0.1) is 42.7 Å². The predicted molar refractivity (Wildman–Crippen MR) is 108 cm³/mol. The molecule has 1 saturated heterocycles. The van der Waals surface area contributed by atoms with Crippen molar-refractivity contribution in [3.63, 3.8) is 0 Å². The van der Waals surface area contributed by atoms with E-state index in [4.69, 9.17) is 9.72 Å². The molecule has 27 heavy (non-hydrogen) atoms. The zero-order valence-corrected chi connectivity index (χ0v) is 15.1. The van der Waals surface area contributed by atoms with Gasteiger partial charge in [-0.05, 0) is 12.1 Å². The third-order valence-corrected chi connectivity index (χ3v) is 5.07. The Morgan fingerprint density at radius 1 is 1.07 bits per heavy atom. The Morgan fingerprint density at radius 3 is 2.74 bits per heavy atom. The minimum absolute atomic E-state index is 0.153. The minimum Gasteiger partial charge on any atom is -0.374 e. The molecule has 0 aliphatic carbocycles. The molecule has 0 radical (unpaired) electrons. The fourth-order valence-electron chi connectivity index (χ4n) is 3.77. The van der Waals surface area contributed by atoms with Gasteiger partial charge in [0, 0.05) is 29.6 Å². The summed E-state index contributed by atoms with van der Waals surface area (Å²) in [4.78, 5) is 8.33. The van der Waals surface area contributed by atoms with Crippen molar-refractivity contribution in [2.45, 2.75) is 12.6 Å². The number of aromatic nitrogens is 3. The molecule has 2 aromatic carbocycles. The van der Waals surface area contributed by atoms with Gasteiger partial charge in [0.2, 0.25) is 0 Å². The lowest BCUT2D eigenvalue weighted by Gasteiger charge is -2.24. The van der Waals surface area contributed by atoms with Crippen LogP contribution < -0.4 is 5.32 Å². The highest BCUT2D eigenvalue weighted by atomic mass is 16.5. The number of para-hydroxylation sites is 1. The number of imidazole rings is 1. The number of H-pyrrole nitrogens is 1. The SMILES string of the molecule is c1ccc(-c2ncn(CC3CNCCO3)c2-c2cc3ccccc3[nH]2)cc1. The lowest BCUT2D eigenvalue weighted by atomic mass is 10.1. The van der Waals surface area contributed by atoms with E-state index in [9.17, 15) is 0 Å². The topological polar surface area (TPSA) is 54.9 Å². The van der Waals surface area contributed by atoms with Crippen LogP contribution in [0.2, 0.25) is 0 Å². The first-order valence-electron chi connectivity index (χ1n) is 9.39. The van der Waals surface area contributed by atoms with Crippen LogP contribution in [0.5, 0.6) is 0 Å². The highest BCUT2D eigenvalue weighted by molar-refractivity contribution is 5.88. The van der Waals surface area contributed by atoms with Gasteiger partial charge in [-0.15, -0.1) is 0 Å². The van der Waals surface area contributed by atoms with Gasteiger partial charge in [0.15, 0.2) is 0 Å². The van der Waals surface area contributed by atoms with Gasteiger partial charge in [-0.3, -0.25) is 0 Å². The zero-order valence-electron chi connectivity index (χ0n) is 15.1. The number of nitrogens with zero attached hydrogens (tertiary/aromatic N) is 2. The Kier molecular flexibility index (Phi) is 4.24. The molecule has 5 nitrogen and oxygen atoms in total. The monoisotopic (exact) mass is 358 g/mol. The molecule has 5 heteroatoms. The van der Waals surface area contributed by atoms with Gasteiger partial charge in [0.1, 0.15) is 0 Å². The van der Waals surface area contributed by atoms with Crippen molar-refractivity contribution in [2.75, 3.05) is 19.7 Å². The maximum absolute atomic E-state index is 5.93. The summed E-state index contributed by atoms with van der Waals surface area (Å²) in [6.45, 7) is 3.32. The first-order chi connectivity index (χ1) is 13.4. The van der Waals surface area contributed by atoms with E-state index in [1.54, 1.807) is 0 Å². The Morgan fingerprint density at radius 2 is 1.93 bits per heavy atom. The fourth-order valence-corrected chi connectivity index (χ4v) is 3.77. The van der Waals surface area contributed by atoms with E-state index in [1.165, 1.54) is 5.39 Å². The van der Waals surface area contributed by atoms with E-state index in [0.29, 0.717) is 0 Å². The minimum atomic E-state index is 0.153. The van der Waals surface area contributed by atoms with Gasteiger partial charge in [-0.1, -0.05) is 48.5 Å². The molecule has 2 aromatic heterocycles. The Balaban J connectivity index is 1.62. The van der Waals surface area contributed by atoms with Crippen LogP contribution in [0.3, 0.4) is 0 Å². The molecule has 1 fully saturated rings. The van der Waals surface area contributed by atoms with Crippen LogP contribution in [0.15, 0.2) is 67.0 Å². The molecule has 2 N–H and O–H groups in total. The summed E-state index contributed by atoms with van der Waals surface area (Å²) in [6.07, 6.45) is 2.08. The lowest BCUT2D eigenvalue weighted by Crippen LogP contribution is -2.40. The van der Waals surface area contributed by atoms with Crippen LogP contribution in [0.4, 0.5) is 0 Å². The second-order valence-corrected chi connectivity index (χ2v) is 6.93. The summed E-state index contributed by atoms with van der Waals surface area (Å²) in [5, 5.41) is 4.61. The molecule has 0 bridgehead atoms.